The van der Waals surface area contributed by atoms with E-state index in [1.54, 1.807) is 19.9 Å². The first kappa shape index (κ1) is 26.2. The Morgan fingerprint density at radius 3 is 2.62 bits per heavy atom. The molecule has 2 fully saturated rings. The number of carbonyl (C=O) groups is 3. The van der Waals surface area contributed by atoms with E-state index >= 15 is 0 Å². The van der Waals surface area contributed by atoms with Gasteiger partial charge in [0.25, 0.3) is 0 Å². The zero-order valence-corrected chi connectivity index (χ0v) is 21.0. The maximum Gasteiger partial charge on any atom is 0.508 e. The van der Waals surface area contributed by atoms with E-state index in [1.807, 2.05) is 13.8 Å². The van der Waals surface area contributed by atoms with E-state index in [0.717, 1.165) is 0 Å². The molecule has 0 spiro atoms. The number of hydrogen-bond acceptors (Lipinski definition) is 12. The van der Waals surface area contributed by atoms with Gasteiger partial charge >= 0.3 is 18.1 Å². The molecule has 0 saturated carbocycles. The Kier molecular flexibility index (Phi) is 6.96. The standard InChI is InChI=1S/C24H29N5O8/c1-13(2)9-33-22(32)34-10-15-19-20(36-18(31)8-23(3,4)7-17(30)35-19)24(11-25,37-15)16-6-5-14-21(26)27-12-28-29(14)16/h5-6,12-13,15,19-20H,7-10H2,1-4H3,(H2,26,27,28)/t15-,19-,20-,24+/m1/s1. The van der Waals surface area contributed by atoms with Crippen LogP contribution >= 0.6 is 0 Å². The molecule has 2 aromatic rings. The second-order valence-electron chi connectivity index (χ2n) is 10.3. The van der Waals surface area contributed by atoms with Gasteiger partial charge in [-0.25, -0.2) is 14.3 Å². The third kappa shape index (κ3) is 5.15. The molecular weight excluding hydrogens is 486 g/mol. The summed E-state index contributed by atoms with van der Waals surface area (Å²) in [6, 6.07) is 5.21. The molecule has 2 aliphatic rings. The maximum absolute atomic E-state index is 13.0. The van der Waals surface area contributed by atoms with Crippen molar-refractivity contribution < 1.29 is 38.1 Å². The fraction of sp³-hybridized carbons (Fsp3) is 0.583. The number of rotatable bonds is 5. The molecule has 2 aromatic heterocycles. The van der Waals surface area contributed by atoms with Crippen LogP contribution in [0.15, 0.2) is 18.5 Å². The number of nitrogen functional groups attached to an aromatic ring is 1. The van der Waals surface area contributed by atoms with Gasteiger partial charge in [-0.1, -0.05) is 27.7 Å². The average molecular weight is 516 g/mol. The van der Waals surface area contributed by atoms with Crippen molar-refractivity contribution in [3.63, 3.8) is 0 Å². The van der Waals surface area contributed by atoms with Crippen LogP contribution < -0.4 is 5.73 Å². The summed E-state index contributed by atoms with van der Waals surface area (Å²) in [5.41, 5.74) is 3.77. The summed E-state index contributed by atoms with van der Waals surface area (Å²) in [7, 11) is 0. The molecule has 4 atom stereocenters. The van der Waals surface area contributed by atoms with Gasteiger partial charge in [0, 0.05) is 0 Å². The van der Waals surface area contributed by atoms with Crippen molar-refractivity contribution in [2.45, 2.75) is 64.4 Å². The monoisotopic (exact) mass is 515 g/mol. The molecule has 0 unspecified atom stereocenters. The molecule has 2 aliphatic heterocycles. The first-order valence-corrected chi connectivity index (χ1v) is 11.8. The minimum absolute atomic E-state index is 0.0767. The number of hydrogen-bond donors (Lipinski definition) is 1. The summed E-state index contributed by atoms with van der Waals surface area (Å²) in [6.07, 6.45) is -3.77. The van der Waals surface area contributed by atoms with Crippen LogP contribution in [0.1, 0.15) is 46.2 Å². The normalized spacial score (nSPS) is 27.3. The summed E-state index contributed by atoms with van der Waals surface area (Å²) < 4.78 is 29.2. The van der Waals surface area contributed by atoms with Crippen molar-refractivity contribution in [1.29, 1.82) is 5.26 Å². The number of ether oxygens (including phenoxy) is 5. The van der Waals surface area contributed by atoms with Crippen molar-refractivity contribution in [3.05, 3.63) is 24.2 Å². The molecule has 4 heterocycles. The minimum atomic E-state index is -1.99. The minimum Gasteiger partial charge on any atom is -0.455 e. The molecule has 0 aromatic carbocycles. The lowest BCUT2D eigenvalue weighted by molar-refractivity contribution is -0.166. The molecule has 0 bridgehead atoms. The predicted molar refractivity (Wildman–Crippen MR) is 124 cm³/mol. The van der Waals surface area contributed by atoms with Crippen LogP contribution in [0.5, 0.6) is 0 Å². The molecule has 4 rings (SSSR count). The highest BCUT2D eigenvalue weighted by molar-refractivity contribution is 5.75. The highest BCUT2D eigenvalue weighted by Crippen LogP contribution is 2.45. The Labute approximate surface area is 212 Å². The van der Waals surface area contributed by atoms with E-state index in [1.165, 1.54) is 16.9 Å². The summed E-state index contributed by atoms with van der Waals surface area (Å²) in [5.74, 6) is -1.03. The van der Waals surface area contributed by atoms with Crippen molar-refractivity contribution >= 4 is 29.4 Å². The second-order valence-corrected chi connectivity index (χ2v) is 10.3. The lowest BCUT2D eigenvalue weighted by atomic mass is 9.86. The Morgan fingerprint density at radius 2 is 1.95 bits per heavy atom. The zero-order valence-electron chi connectivity index (χ0n) is 21.0. The number of anilines is 1. The van der Waals surface area contributed by atoms with E-state index in [0.29, 0.717) is 5.52 Å². The third-order valence-electron chi connectivity index (χ3n) is 6.10. The number of nitrogens with zero attached hydrogens (tertiary/aromatic N) is 4. The smallest absolute Gasteiger partial charge is 0.455 e. The number of carbonyl (C=O) groups excluding carboxylic acids is 3. The predicted octanol–water partition coefficient (Wildman–Crippen LogP) is 1.88. The van der Waals surface area contributed by atoms with Crippen LogP contribution in [-0.2, 0) is 38.9 Å². The van der Waals surface area contributed by atoms with Crippen molar-refractivity contribution in [2.75, 3.05) is 18.9 Å². The third-order valence-corrected chi connectivity index (χ3v) is 6.10. The molecule has 2 saturated heterocycles. The molecule has 37 heavy (non-hydrogen) atoms. The average Bonchev–Trinajstić information content (AvgIpc) is 3.37. The van der Waals surface area contributed by atoms with Crippen molar-refractivity contribution in [2.24, 2.45) is 11.3 Å². The van der Waals surface area contributed by atoms with Crippen LogP contribution in [0.25, 0.3) is 5.52 Å². The molecule has 13 nitrogen and oxygen atoms in total. The first-order valence-electron chi connectivity index (χ1n) is 11.8. The van der Waals surface area contributed by atoms with Gasteiger partial charge in [-0.2, -0.15) is 10.4 Å². The van der Waals surface area contributed by atoms with Gasteiger partial charge in [0.1, 0.15) is 30.6 Å². The Hall–Kier alpha value is -3.92. The molecular formula is C24H29N5O8. The first-order chi connectivity index (χ1) is 17.5. The zero-order chi connectivity index (χ0) is 27.0. The highest BCUT2D eigenvalue weighted by atomic mass is 16.7. The number of aromatic nitrogens is 3. The number of fused-ring (bicyclic) bond motifs is 2. The van der Waals surface area contributed by atoms with Gasteiger partial charge < -0.3 is 29.4 Å². The summed E-state index contributed by atoms with van der Waals surface area (Å²) in [5, 5.41) is 14.6. The molecule has 13 heteroatoms. The van der Waals surface area contributed by atoms with Crippen LogP contribution in [0.4, 0.5) is 10.6 Å². The fourth-order valence-electron chi connectivity index (χ4n) is 4.45. The van der Waals surface area contributed by atoms with Crippen LogP contribution in [0.2, 0.25) is 0 Å². The van der Waals surface area contributed by atoms with Gasteiger partial charge in [0.2, 0.25) is 5.60 Å². The molecule has 0 radical (unpaired) electrons. The topological polar surface area (TPSA) is 177 Å². The summed E-state index contributed by atoms with van der Waals surface area (Å²) >= 11 is 0. The van der Waals surface area contributed by atoms with E-state index in [4.69, 9.17) is 29.4 Å². The van der Waals surface area contributed by atoms with E-state index in [9.17, 15) is 19.6 Å². The van der Waals surface area contributed by atoms with E-state index in [2.05, 4.69) is 16.2 Å². The SMILES string of the molecule is CC(C)COC(=O)OC[C@H]1O[C@@](C#N)(c2ccc3c(N)ncnn23)[C@@H]2OC(=O)CC(C)(C)CC(=O)O[C@@H]21. The fourth-order valence-corrected chi connectivity index (χ4v) is 4.45. The molecule has 2 N–H and O–H groups in total. The van der Waals surface area contributed by atoms with E-state index in [-0.39, 0.29) is 36.9 Å². The van der Waals surface area contributed by atoms with Gasteiger partial charge in [-0.3, -0.25) is 9.59 Å². The van der Waals surface area contributed by atoms with Crippen molar-refractivity contribution in [1.82, 2.24) is 14.6 Å². The van der Waals surface area contributed by atoms with Crippen LogP contribution in [0, 0.1) is 22.7 Å². The summed E-state index contributed by atoms with van der Waals surface area (Å²) in [4.78, 5) is 41.9. The largest absolute Gasteiger partial charge is 0.508 e. The highest BCUT2D eigenvalue weighted by Gasteiger charge is 2.63. The molecule has 198 valence electrons. The van der Waals surface area contributed by atoms with E-state index < -0.39 is 54.0 Å². The molecule has 0 aliphatic carbocycles. The van der Waals surface area contributed by atoms with Gasteiger partial charge in [0.05, 0.1) is 25.1 Å². The van der Waals surface area contributed by atoms with Crippen LogP contribution in [0.3, 0.4) is 0 Å². The van der Waals surface area contributed by atoms with Crippen LogP contribution in [-0.4, -0.2) is 64.2 Å². The Bertz CT molecular complexity index is 1250. The lowest BCUT2D eigenvalue weighted by Gasteiger charge is -2.28. The quantitative estimate of drug-likeness (QED) is 0.452. The van der Waals surface area contributed by atoms with Crippen molar-refractivity contribution in [3.8, 4) is 6.07 Å². The number of nitriles is 1. The maximum atomic E-state index is 13.0. The molecule has 0 amide bonds. The Morgan fingerprint density at radius 1 is 1.24 bits per heavy atom. The van der Waals surface area contributed by atoms with Gasteiger partial charge in [-0.05, 0) is 23.5 Å². The second kappa shape index (κ2) is 9.85. The number of esters is 2. The number of nitrogens with two attached hydrogens (primary N) is 1. The van der Waals surface area contributed by atoms with Gasteiger partial charge in [0.15, 0.2) is 18.0 Å². The Balaban J connectivity index is 1.75. The van der Waals surface area contributed by atoms with Gasteiger partial charge in [-0.15, -0.1) is 0 Å². The lowest BCUT2D eigenvalue weighted by Crippen LogP contribution is -2.45. The summed E-state index contributed by atoms with van der Waals surface area (Å²) in [6.45, 7) is 6.90.